The van der Waals surface area contributed by atoms with Crippen molar-refractivity contribution in [3.05, 3.63) is 35.4 Å². The van der Waals surface area contributed by atoms with Gasteiger partial charge in [-0.05, 0) is 49.4 Å². The number of hydrogen-bond acceptors (Lipinski definition) is 2. The Morgan fingerprint density at radius 2 is 1.95 bits per heavy atom. The van der Waals surface area contributed by atoms with Crippen molar-refractivity contribution in [1.29, 1.82) is 0 Å². The second-order valence-corrected chi connectivity index (χ2v) is 6.23. The summed E-state index contributed by atoms with van der Waals surface area (Å²) in [6.07, 6.45) is 3.25. The van der Waals surface area contributed by atoms with Crippen molar-refractivity contribution in [2.45, 2.75) is 25.7 Å². The van der Waals surface area contributed by atoms with Crippen molar-refractivity contribution in [3.63, 3.8) is 0 Å². The third-order valence-corrected chi connectivity index (χ3v) is 4.81. The summed E-state index contributed by atoms with van der Waals surface area (Å²) < 4.78 is 26.5. The normalized spacial score (nSPS) is 20.0. The second-order valence-electron chi connectivity index (χ2n) is 6.23. The van der Waals surface area contributed by atoms with Gasteiger partial charge in [0.05, 0.1) is 6.42 Å². The van der Waals surface area contributed by atoms with Gasteiger partial charge in [0.2, 0.25) is 5.91 Å². The lowest BCUT2D eigenvalue weighted by molar-refractivity contribution is -0.130. The molecule has 0 bridgehead atoms. The van der Waals surface area contributed by atoms with Crippen LogP contribution in [-0.2, 0) is 11.2 Å². The van der Waals surface area contributed by atoms with Crippen LogP contribution in [0.2, 0.25) is 0 Å². The fourth-order valence-corrected chi connectivity index (χ4v) is 3.45. The van der Waals surface area contributed by atoms with Gasteiger partial charge in [-0.2, -0.15) is 0 Å². The zero-order chi connectivity index (χ0) is 14.9. The Labute approximate surface area is 135 Å². The van der Waals surface area contributed by atoms with Gasteiger partial charge in [0.15, 0.2) is 0 Å². The molecule has 0 aliphatic carbocycles. The van der Waals surface area contributed by atoms with Crippen LogP contribution in [0.4, 0.5) is 8.78 Å². The van der Waals surface area contributed by atoms with Crippen molar-refractivity contribution >= 4 is 18.3 Å². The zero-order valence-electron chi connectivity index (χ0n) is 12.4. The topological polar surface area (TPSA) is 32.3 Å². The Kier molecular flexibility index (Phi) is 5.40. The SMILES string of the molecule is Cl.O=C(Cc1ccc(F)cc1F)N1CCC2(CCNCC2)C1. The van der Waals surface area contributed by atoms with E-state index in [9.17, 15) is 13.6 Å². The molecule has 122 valence electrons. The Morgan fingerprint density at radius 3 is 2.64 bits per heavy atom. The quantitative estimate of drug-likeness (QED) is 0.903. The largest absolute Gasteiger partial charge is 0.342 e. The summed E-state index contributed by atoms with van der Waals surface area (Å²) in [6, 6.07) is 3.39. The average Bonchev–Trinajstić information content (AvgIpc) is 2.86. The van der Waals surface area contributed by atoms with Crippen molar-refractivity contribution < 1.29 is 13.6 Å². The molecule has 1 N–H and O–H groups in total. The molecule has 2 heterocycles. The van der Waals surface area contributed by atoms with Gasteiger partial charge in [-0.3, -0.25) is 4.79 Å². The van der Waals surface area contributed by atoms with Gasteiger partial charge < -0.3 is 10.2 Å². The molecular formula is C16H21ClF2N2O. The first kappa shape index (κ1) is 17.2. The number of halogens is 3. The molecule has 3 nitrogen and oxygen atoms in total. The monoisotopic (exact) mass is 330 g/mol. The van der Waals surface area contributed by atoms with Crippen molar-refractivity contribution in [2.75, 3.05) is 26.2 Å². The molecule has 0 unspecified atom stereocenters. The third-order valence-electron chi connectivity index (χ3n) is 4.81. The standard InChI is InChI=1S/C16H20F2N2O.ClH/c17-13-2-1-12(14(18)10-13)9-15(21)20-8-5-16(11-20)3-6-19-7-4-16;/h1-2,10,19H,3-9,11H2;1H. The van der Waals surface area contributed by atoms with Crippen LogP contribution in [0.3, 0.4) is 0 Å². The van der Waals surface area contributed by atoms with Gasteiger partial charge in [0, 0.05) is 19.2 Å². The predicted octanol–water partition coefficient (Wildman–Crippen LogP) is 2.53. The highest BCUT2D eigenvalue weighted by Gasteiger charge is 2.40. The number of nitrogens with one attached hydrogen (secondary N) is 1. The van der Waals surface area contributed by atoms with Crippen LogP contribution in [0.15, 0.2) is 18.2 Å². The fraction of sp³-hybridized carbons (Fsp3) is 0.562. The van der Waals surface area contributed by atoms with E-state index in [1.807, 2.05) is 4.90 Å². The molecule has 1 amide bonds. The molecule has 3 rings (SSSR count). The summed E-state index contributed by atoms with van der Waals surface area (Å²) in [5.74, 6) is -1.31. The first-order chi connectivity index (χ1) is 10.1. The highest BCUT2D eigenvalue weighted by atomic mass is 35.5. The molecule has 1 spiro atoms. The summed E-state index contributed by atoms with van der Waals surface area (Å²) in [5.41, 5.74) is 0.523. The number of carbonyl (C=O) groups excluding carboxylic acids is 1. The van der Waals surface area contributed by atoms with E-state index >= 15 is 0 Å². The highest BCUT2D eigenvalue weighted by Crippen LogP contribution is 2.38. The molecule has 0 saturated carbocycles. The minimum absolute atomic E-state index is 0. The van der Waals surface area contributed by atoms with Crippen LogP contribution < -0.4 is 5.32 Å². The maximum atomic E-state index is 13.6. The first-order valence-electron chi connectivity index (χ1n) is 7.50. The maximum Gasteiger partial charge on any atom is 0.227 e. The maximum absolute atomic E-state index is 13.6. The molecule has 22 heavy (non-hydrogen) atoms. The number of rotatable bonds is 2. The summed E-state index contributed by atoms with van der Waals surface area (Å²) in [5, 5.41) is 3.34. The molecule has 6 heteroatoms. The number of likely N-dealkylation sites (tertiary alicyclic amines) is 1. The number of piperidine rings is 1. The van der Waals surface area contributed by atoms with E-state index in [4.69, 9.17) is 0 Å². The fourth-order valence-electron chi connectivity index (χ4n) is 3.45. The van der Waals surface area contributed by atoms with Crippen LogP contribution in [-0.4, -0.2) is 37.0 Å². The van der Waals surface area contributed by atoms with Crippen LogP contribution in [0.5, 0.6) is 0 Å². The first-order valence-corrected chi connectivity index (χ1v) is 7.50. The average molecular weight is 331 g/mol. The second kappa shape index (κ2) is 6.92. The molecule has 1 aromatic rings. The van der Waals surface area contributed by atoms with Crippen LogP contribution in [0.25, 0.3) is 0 Å². The number of amides is 1. The number of carbonyl (C=O) groups is 1. The Hall–Kier alpha value is -1.20. The van der Waals surface area contributed by atoms with E-state index in [1.54, 1.807) is 0 Å². The van der Waals surface area contributed by atoms with Crippen LogP contribution in [0.1, 0.15) is 24.8 Å². The summed E-state index contributed by atoms with van der Waals surface area (Å²) >= 11 is 0. The van der Waals surface area contributed by atoms with Gasteiger partial charge in [-0.1, -0.05) is 6.07 Å². The van der Waals surface area contributed by atoms with Gasteiger partial charge in [0.25, 0.3) is 0 Å². The lowest BCUT2D eigenvalue weighted by atomic mass is 9.78. The van der Waals surface area contributed by atoms with Gasteiger partial charge in [-0.15, -0.1) is 12.4 Å². The van der Waals surface area contributed by atoms with Crippen LogP contribution >= 0.6 is 12.4 Å². The van der Waals surface area contributed by atoms with Gasteiger partial charge >= 0.3 is 0 Å². The van der Waals surface area contributed by atoms with E-state index in [1.165, 1.54) is 12.1 Å². The van der Waals surface area contributed by atoms with Crippen molar-refractivity contribution in [3.8, 4) is 0 Å². The molecule has 1 aromatic carbocycles. The zero-order valence-corrected chi connectivity index (χ0v) is 13.2. The number of nitrogens with zero attached hydrogens (tertiary/aromatic N) is 1. The number of benzene rings is 1. The molecule has 2 aliphatic heterocycles. The van der Waals surface area contributed by atoms with E-state index in [2.05, 4.69) is 5.32 Å². The molecule has 0 aromatic heterocycles. The molecule has 2 saturated heterocycles. The Bertz CT molecular complexity index is 547. The lowest BCUT2D eigenvalue weighted by Gasteiger charge is -2.33. The van der Waals surface area contributed by atoms with E-state index < -0.39 is 11.6 Å². The summed E-state index contributed by atoms with van der Waals surface area (Å²) in [7, 11) is 0. The smallest absolute Gasteiger partial charge is 0.227 e. The van der Waals surface area contributed by atoms with Crippen molar-refractivity contribution in [2.24, 2.45) is 5.41 Å². The minimum atomic E-state index is -0.640. The van der Waals surface area contributed by atoms with Crippen LogP contribution in [0, 0.1) is 17.0 Å². The molecule has 2 fully saturated rings. The molecule has 0 radical (unpaired) electrons. The predicted molar refractivity (Wildman–Crippen MR) is 83.0 cm³/mol. The number of hydrogen-bond donors (Lipinski definition) is 1. The summed E-state index contributed by atoms with van der Waals surface area (Å²) in [4.78, 5) is 14.2. The van der Waals surface area contributed by atoms with Gasteiger partial charge in [0.1, 0.15) is 11.6 Å². The van der Waals surface area contributed by atoms with E-state index in [0.29, 0.717) is 0 Å². The highest BCUT2D eigenvalue weighted by molar-refractivity contribution is 5.85. The van der Waals surface area contributed by atoms with Gasteiger partial charge in [-0.25, -0.2) is 8.78 Å². The Morgan fingerprint density at radius 1 is 1.23 bits per heavy atom. The Balaban J connectivity index is 0.00000176. The lowest BCUT2D eigenvalue weighted by Crippen LogP contribution is -2.40. The molecule has 2 aliphatic rings. The van der Waals surface area contributed by atoms with Crippen molar-refractivity contribution in [1.82, 2.24) is 10.2 Å². The summed E-state index contributed by atoms with van der Waals surface area (Å²) in [6.45, 7) is 3.54. The third kappa shape index (κ3) is 3.58. The molecular weight excluding hydrogens is 310 g/mol. The minimum Gasteiger partial charge on any atom is -0.342 e. The van der Waals surface area contributed by atoms with E-state index in [0.717, 1.165) is 51.5 Å². The van der Waals surface area contributed by atoms with E-state index in [-0.39, 0.29) is 35.7 Å². The molecule has 0 atom stereocenters.